The van der Waals surface area contributed by atoms with E-state index in [1.54, 1.807) is 41.1 Å². The van der Waals surface area contributed by atoms with Gasteiger partial charge in [-0.05, 0) is 44.2 Å². The molecule has 30 heavy (non-hydrogen) atoms. The summed E-state index contributed by atoms with van der Waals surface area (Å²) >= 11 is 6.13. The number of nitrogens with zero attached hydrogens (tertiary/aromatic N) is 3. The van der Waals surface area contributed by atoms with Crippen LogP contribution in [0.1, 0.15) is 21.9 Å². The second-order valence-electron chi connectivity index (χ2n) is 6.65. The fraction of sp³-hybridized carbons (Fsp3) is 0.200. The van der Waals surface area contributed by atoms with E-state index >= 15 is 0 Å². The van der Waals surface area contributed by atoms with Crippen LogP contribution in [0.15, 0.2) is 42.5 Å². The molecule has 4 rings (SSSR count). The Balaban J connectivity index is 1.43. The third-order valence-electron chi connectivity index (χ3n) is 4.37. The van der Waals surface area contributed by atoms with Crippen molar-refractivity contribution in [3.63, 3.8) is 0 Å². The molecule has 0 fully saturated rings. The number of aryl methyl sites for hydroxylation is 2. The van der Waals surface area contributed by atoms with Crippen LogP contribution in [0.25, 0.3) is 5.82 Å². The third kappa shape index (κ3) is 3.92. The molecule has 0 saturated carbocycles. The van der Waals surface area contributed by atoms with E-state index in [4.69, 9.17) is 21.1 Å². The number of rotatable bonds is 3. The van der Waals surface area contributed by atoms with Gasteiger partial charge in [-0.25, -0.2) is 9.67 Å². The molecule has 154 valence electrons. The Hall–Kier alpha value is -3.59. The molecule has 0 unspecified atom stereocenters. The zero-order chi connectivity index (χ0) is 21.3. The second-order valence-corrected chi connectivity index (χ2v) is 7.05. The summed E-state index contributed by atoms with van der Waals surface area (Å²) in [6.07, 6.45) is -0.912. The van der Waals surface area contributed by atoms with E-state index in [-0.39, 0.29) is 17.3 Å². The second kappa shape index (κ2) is 8.03. The predicted molar refractivity (Wildman–Crippen MR) is 108 cm³/mol. The maximum Gasteiger partial charge on any atom is 0.289 e. The molecule has 3 aromatic rings. The first-order chi connectivity index (χ1) is 14.4. The van der Waals surface area contributed by atoms with Crippen LogP contribution in [0.4, 0.5) is 0 Å². The Kier molecular flexibility index (Phi) is 5.28. The molecule has 2 amide bonds. The smallest absolute Gasteiger partial charge is 0.289 e. The number of carbonyl (C=O) groups excluding carboxylic acids is 2. The summed E-state index contributed by atoms with van der Waals surface area (Å²) in [5.74, 6) is 0.208. The molecular weight excluding hydrogens is 410 g/mol. The van der Waals surface area contributed by atoms with Gasteiger partial charge in [0.1, 0.15) is 6.61 Å². The molecule has 2 aromatic heterocycles. The van der Waals surface area contributed by atoms with E-state index in [1.807, 2.05) is 19.9 Å². The van der Waals surface area contributed by atoms with Crippen LogP contribution in [0.3, 0.4) is 0 Å². The Morgan fingerprint density at radius 1 is 1.13 bits per heavy atom. The fourth-order valence-electron chi connectivity index (χ4n) is 2.98. The third-order valence-corrected chi connectivity index (χ3v) is 4.68. The van der Waals surface area contributed by atoms with E-state index in [9.17, 15) is 9.59 Å². The van der Waals surface area contributed by atoms with Gasteiger partial charge in [-0.1, -0.05) is 23.7 Å². The Labute approximate surface area is 176 Å². The van der Waals surface area contributed by atoms with Crippen LogP contribution in [0.2, 0.25) is 5.02 Å². The molecule has 10 heteroatoms. The van der Waals surface area contributed by atoms with Crippen LogP contribution >= 0.6 is 11.6 Å². The van der Waals surface area contributed by atoms with Gasteiger partial charge in [0.2, 0.25) is 6.10 Å². The summed E-state index contributed by atoms with van der Waals surface area (Å²) in [5.41, 5.74) is 6.26. The summed E-state index contributed by atoms with van der Waals surface area (Å²) in [7, 11) is 0. The van der Waals surface area contributed by atoms with E-state index in [1.165, 1.54) is 0 Å². The monoisotopic (exact) mass is 427 g/mol. The lowest BCUT2D eigenvalue weighted by Crippen LogP contribution is -2.51. The highest BCUT2D eigenvalue weighted by Crippen LogP contribution is 2.30. The number of amides is 2. The standard InChI is InChI=1S/C20H18ClN5O4/c1-11-9-12(2)26(25-11)17-8-7-13(21)18(22-17)20(28)24-23-19(27)16-10-29-14-5-3-4-6-15(14)30-16/h3-9,16H,10H2,1-2H3,(H,23,27)(H,24,28)/t16-/m1/s1. The first-order valence-electron chi connectivity index (χ1n) is 9.11. The van der Waals surface area contributed by atoms with Crippen molar-refractivity contribution in [2.75, 3.05) is 6.61 Å². The van der Waals surface area contributed by atoms with Crippen molar-refractivity contribution >= 4 is 23.4 Å². The first kappa shape index (κ1) is 19.7. The number of hydrogen-bond acceptors (Lipinski definition) is 6. The summed E-state index contributed by atoms with van der Waals surface area (Å²) in [6.45, 7) is 3.75. The highest BCUT2D eigenvalue weighted by Gasteiger charge is 2.28. The molecule has 1 atom stereocenters. The van der Waals surface area contributed by atoms with Crippen molar-refractivity contribution in [3.8, 4) is 17.3 Å². The normalized spacial score (nSPS) is 14.8. The number of benzene rings is 1. The van der Waals surface area contributed by atoms with Gasteiger partial charge in [-0.15, -0.1) is 0 Å². The van der Waals surface area contributed by atoms with Crippen LogP contribution in [-0.4, -0.2) is 39.3 Å². The average molecular weight is 428 g/mol. The highest BCUT2D eigenvalue weighted by molar-refractivity contribution is 6.33. The average Bonchev–Trinajstić information content (AvgIpc) is 3.09. The molecule has 0 aliphatic carbocycles. The molecule has 0 bridgehead atoms. The molecule has 1 aliphatic heterocycles. The van der Waals surface area contributed by atoms with Gasteiger partial charge >= 0.3 is 0 Å². The van der Waals surface area contributed by atoms with Gasteiger partial charge in [-0.3, -0.25) is 20.4 Å². The summed E-state index contributed by atoms with van der Waals surface area (Å²) < 4.78 is 12.7. The van der Waals surface area contributed by atoms with Gasteiger partial charge in [-0.2, -0.15) is 5.10 Å². The topological polar surface area (TPSA) is 107 Å². The molecule has 0 spiro atoms. The summed E-state index contributed by atoms with van der Waals surface area (Å²) in [5, 5.41) is 4.48. The molecule has 1 aliphatic rings. The van der Waals surface area contributed by atoms with Crippen molar-refractivity contribution in [2.45, 2.75) is 20.0 Å². The number of nitrogens with one attached hydrogen (secondary N) is 2. The minimum absolute atomic E-state index is 0.0190. The largest absolute Gasteiger partial charge is 0.485 e. The molecule has 1 aromatic carbocycles. The maximum absolute atomic E-state index is 12.6. The number of halogens is 1. The number of para-hydroxylation sites is 2. The predicted octanol–water partition coefficient (Wildman–Crippen LogP) is 2.14. The zero-order valence-corrected chi connectivity index (χ0v) is 16.9. The lowest BCUT2D eigenvalue weighted by atomic mass is 10.2. The molecule has 2 N–H and O–H groups in total. The van der Waals surface area contributed by atoms with E-state index in [2.05, 4.69) is 20.9 Å². The Morgan fingerprint density at radius 2 is 1.90 bits per heavy atom. The number of hydrazine groups is 1. The lowest BCUT2D eigenvalue weighted by Gasteiger charge is -2.25. The fourth-order valence-corrected chi connectivity index (χ4v) is 3.17. The van der Waals surface area contributed by atoms with Gasteiger partial charge in [0.15, 0.2) is 23.0 Å². The molecular formula is C20H18ClN5O4. The van der Waals surface area contributed by atoms with Gasteiger partial charge in [0.25, 0.3) is 11.8 Å². The summed E-state index contributed by atoms with van der Waals surface area (Å²) in [6, 6.07) is 12.1. The lowest BCUT2D eigenvalue weighted by molar-refractivity contribution is -0.131. The maximum atomic E-state index is 12.6. The van der Waals surface area contributed by atoms with Crippen molar-refractivity contribution in [1.82, 2.24) is 25.6 Å². The van der Waals surface area contributed by atoms with Crippen molar-refractivity contribution < 1.29 is 19.1 Å². The van der Waals surface area contributed by atoms with Crippen molar-refractivity contribution in [1.29, 1.82) is 0 Å². The molecule has 3 heterocycles. The number of aromatic nitrogens is 3. The number of hydrogen-bond donors (Lipinski definition) is 2. The SMILES string of the molecule is Cc1cc(C)n(-c2ccc(Cl)c(C(=O)NNC(=O)[C@H]3COc4ccccc4O3)n2)n1. The van der Waals surface area contributed by atoms with E-state index in [0.29, 0.717) is 17.3 Å². The van der Waals surface area contributed by atoms with Crippen LogP contribution < -0.4 is 20.3 Å². The number of carbonyl (C=O) groups is 2. The quantitative estimate of drug-likeness (QED) is 0.620. The van der Waals surface area contributed by atoms with Crippen molar-refractivity contribution in [3.05, 3.63) is 64.6 Å². The highest BCUT2D eigenvalue weighted by atomic mass is 35.5. The number of fused-ring (bicyclic) bond motifs is 1. The van der Waals surface area contributed by atoms with Gasteiger partial charge < -0.3 is 9.47 Å². The number of pyridine rings is 1. The van der Waals surface area contributed by atoms with Gasteiger partial charge in [0, 0.05) is 5.69 Å². The van der Waals surface area contributed by atoms with Crippen molar-refractivity contribution in [2.24, 2.45) is 0 Å². The van der Waals surface area contributed by atoms with Crippen LogP contribution in [-0.2, 0) is 4.79 Å². The zero-order valence-electron chi connectivity index (χ0n) is 16.2. The summed E-state index contributed by atoms with van der Waals surface area (Å²) in [4.78, 5) is 29.2. The van der Waals surface area contributed by atoms with E-state index < -0.39 is 17.9 Å². The Morgan fingerprint density at radius 3 is 2.63 bits per heavy atom. The minimum atomic E-state index is -0.912. The van der Waals surface area contributed by atoms with E-state index in [0.717, 1.165) is 11.4 Å². The molecule has 0 radical (unpaired) electrons. The minimum Gasteiger partial charge on any atom is -0.485 e. The number of ether oxygens (including phenoxy) is 2. The molecule has 0 saturated heterocycles. The Bertz CT molecular complexity index is 1130. The first-order valence-corrected chi connectivity index (χ1v) is 9.49. The van der Waals surface area contributed by atoms with Crippen LogP contribution in [0.5, 0.6) is 11.5 Å². The van der Waals surface area contributed by atoms with Gasteiger partial charge in [0.05, 0.1) is 10.7 Å². The van der Waals surface area contributed by atoms with Crippen LogP contribution in [0, 0.1) is 13.8 Å². The molecule has 9 nitrogen and oxygen atoms in total.